The Labute approximate surface area is 123 Å². The molecule has 104 valence electrons. The predicted octanol–water partition coefficient (Wildman–Crippen LogP) is 4.53. The zero-order valence-electron chi connectivity index (χ0n) is 12.2. The Hall–Kier alpha value is -0.670. The quantitative estimate of drug-likeness (QED) is 0.747. The number of rotatable bonds is 2. The summed E-state index contributed by atoms with van der Waals surface area (Å²) in [6.45, 7) is 10.1. The van der Waals surface area contributed by atoms with Gasteiger partial charge in [-0.1, -0.05) is 22.0 Å². The van der Waals surface area contributed by atoms with Gasteiger partial charge in [0, 0.05) is 10.0 Å². The summed E-state index contributed by atoms with van der Waals surface area (Å²) in [6.07, 6.45) is 0.763. The molecule has 1 unspecified atom stereocenters. The molecule has 19 heavy (non-hydrogen) atoms. The van der Waals surface area contributed by atoms with Crippen LogP contribution in [0.2, 0.25) is 0 Å². The molecule has 0 N–H and O–H groups in total. The normalized spacial score (nSPS) is 24.4. The summed E-state index contributed by atoms with van der Waals surface area (Å²) in [4.78, 5) is 12.8. The van der Waals surface area contributed by atoms with Gasteiger partial charge in [0.1, 0.15) is 0 Å². The monoisotopic (exact) mass is 324 g/mol. The van der Waals surface area contributed by atoms with Crippen LogP contribution < -0.4 is 0 Å². The Kier molecular flexibility index (Phi) is 3.65. The van der Waals surface area contributed by atoms with E-state index in [9.17, 15) is 4.79 Å². The first-order chi connectivity index (χ1) is 8.62. The Bertz CT molecular complexity index is 517. The number of aryl methyl sites for hydroxylation is 1. The van der Waals surface area contributed by atoms with E-state index in [1.807, 2.05) is 52.8 Å². The van der Waals surface area contributed by atoms with Crippen LogP contribution in [0.25, 0.3) is 0 Å². The number of hydrogen-bond donors (Lipinski definition) is 0. The van der Waals surface area contributed by atoms with E-state index in [0.29, 0.717) is 0 Å². The topological polar surface area (TPSA) is 26.3 Å². The summed E-state index contributed by atoms with van der Waals surface area (Å²) >= 11 is 3.50. The summed E-state index contributed by atoms with van der Waals surface area (Å²) in [6, 6.07) is 5.87. The summed E-state index contributed by atoms with van der Waals surface area (Å²) < 4.78 is 6.89. The van der Waals surface area contributed by atoms with Crippen LogP contribution in [0.15, 0.2) is 22.7 Å². The van der Waals surface area contributed by atoms with Crippen molar-refractivity contribution in [3.05, 3.63) is 33.8 Å². The molecule has 1 aliphatic rings. The van der Waals surface area contributed by atoms with Gasteiger partial charge in [-0.3, -0.25) is 4.79 Å². The van der Waals surface area contributed by atoms with Gasteiger partial charge in [-0.05, 0) is 58.7 Å². The number of halogens is 1. The molecule has 2 nitrogen and oxygen atoms in total. The molecule has 0 amide bonds. The van der Waals surface area contributed by atoms with Crippen LogP contribution in [0.3, 0.4) is 0 Å². The van der Waals surface area contributed by atoms with E-state index < -0.39 is 5.60 Å². The van der Waals surface area contributed by atoms with Crippen LogP contribution in [-0.4, -0.2) is 17.0 Å². The van der Waals surface area contributed by atoms with Crippen molar-refractivity contribution in [1.29, 1.82) is 0 Å². The molecule has 0 radical (unpaired) electrons. The largest absolute Gasteiger partial charge is 0.369 e. The lowest BCUT2D eigenvalue weighted by atomic mass is 9.81. The Balaban J connectivity index is 2.34. The van der Waals surface area contributed by atoms with Crippen molar-refractivity contribution in [3.63, 3.8) is 0 Å². The summed E-state index contributed by atoms with van der Waals surface area (Å²) in [7, 11) is 0. The highest BCUT2D eigenvalue weighted by molar-refractivity contribution is 9.10. The van der Waals surface area contributed by atoms with E-state index >= 15 is 0 Å². The van der Waals surface area contributed by atoms with Gasteiger partial charge in [-0.15, -0.1) is 0 Å². The van der Waals surface area contributed by atoms with Crippen LogP contribution in [-0.2, 0) is 4.74 Å². The van der Waals surface area contributed by atoms with Gasteiger partial charge in [0.2, 0.25) is 0 Å². The van der Waals surface area contributed by atoms with E-state index in [4.69, 9.17) is 4.74 Å². The fourth-order valence-electron chi connectivity index (χ4n) is 2.98. The zero-order chi connectivity index (χ0) is 14.4. The number of hydrogen-bond acceptors (Lipinski definition) is 2. The van der Waals surface area contributed by atoms with Gasteiger partial charge < -0.3 is 4.74 Å². The Morgan fingerprint density at radius 1 is 1.32 bits per heavy atom. The van der Waals surface area contributed by atoms with Crippen molar-refractivity contribution in [3.8, 4) is 0 Å². The number of carbonyl (C=O) groups excluding carboxylic acids is 1. The Morgan fingerprint density at radius 2 is 1.95 bits per heavy atom. The Morgan fingerprint density at radius 3 is 2.42 bits per heavy atom. The maximum Gasteiger partial charge on any atom is 0.170 e. The first-order valence-electron chi connectivity index (χ1n) is 6.63. The van der Waals surface area contributed by atoms with Crippen LogP contribution >= 0.6 is 15.9 Å². The van der Waals surface area contributed by atoms with Crippen molar-refractivity contribution in [2.75, 3.05) is 0 Å². The van der Waals surface area contributed by atoms with Crippen molar-refractivity contribution < 1.29 is 9.53 Å². The highest BCUT2D eigenvalue weighted by Gasteiger charge is 2.49. The number of carbonyl (C=O) groups is 1. The molecule has 1 heterocycles. The molecule has 0 spiro atoms. The third-order valence-corrected chi connectivity index (χ3v) is 4.44. The molecule has 0 bridgehead atoms. The van der Waals surface area contributed by atoms with Crippen molar-refractivity contribution in [1.82, 2.24) is 0 Å². The maximum atomic E-state index is 12.8. The molecule has 3 heteroatoms. The average Bonchev–Trinajstić information content (AvgIpc) is 2.45. The summed E-state index contributed by atoms with van der Waals surface area (Å²) in [5.74, 6) is 0.0731. The van der Waals surface area contributed by atoms with Crippen molar-refractivity contribution in [2.24, 2.45) is 5.92 Å². The van der Waals surface area contributed by atoms with Crippen LogP contribution in [0.4, 0.5) is 0 Å². The first kappa shape index (κ1) is 14.7. The number of ether oxygens (including phenoxy) is 1. The zero-order valence-corrected chi connectivity index (χ0v) is 13.8. The summed E-state index contributed by atoms with van der Waals surface area (Å²) in [5, 5.41) is 0. The van der Waals surface area contributed by atoms with Gasteiger partial charge >= 0.3 is 0 Å². The predicted molar refractivity (Wildman–Crippen MR) is 80.6 cm³/mol. The lowest BCUT2D eigenvalue weighted by Crippen LogP contribution is -2.34. The van der Waals surface area contributed by atoms with Crippen LogP contribution in [0, 0.1) is 12.8 Å². The average molecular weight is 325 g/mol. The van der Waals surface area contributed by atoms with Crippen molar-refractivity contribution >= 4 is 21.7 Å². The van der Waals surface area contributed by atoms with E-state index in [1.165, 1.54) is 0 Å². The fourth-order valence-corrected chi connectivity index (χ4v) is 3.67. The van der Waals surface area contributed by atoms with Gasteiger partial charge in [-0.2, -0.15) is 0 Å². The second-order valence-corrected chi connectivity index (χ2v) is 7.42. The lowest BCUT2D eigenvalue weighted by molar-refractivity contribution is -0.0712. The molecule has 1 saturated heterocycles. The van der Waals surface area contributed by atoms with E-state index in [-0.39, 0.29) is 17.3 Å². The minimum absolute atomic E-state index is 0.0958. The van der Waals surface area contributed by atoms with E-state index in [1.54, 1.807) is 0 Å². The van der Waals surface area contributed by atoms with E-state index in [0.717, 1.165) is 22.0 Å². The van der Waals surface area contributed by atoms with Gasteiger partial charge in [0.05, 0.1) is 17.1 Å². The summed E-state index contributed by atoms with van der Waals surface area (Å²) in [5.41, 5.74) is 1.25. The molecule has 0 aliphatic carbocycles. The molecule has 0 saturated carbocycles. The number of Topliss-reactive ketones (excluding diaryl/α,β-unsaturated/α-hetero) is 1. The second-order valence-electron chi connectivity index (χ2n) is 6.57. The maximum absolute atomic E-state index is 12.8. The van der Waals surface area contributed by atoms with Crippen LogP contribution in [0.1, 0.15) is 50.0 Å². The second kappa shape index (κ2) is 4.71. The minimum Gasteiger partial charge on any atom is -0.369 e. The standard InChI is InChI=1S/C16H21BrO2/c1-10-6-7-11(13(17)8-10)14(18)12-9-15(2,3)19-16(12,4)5/h6-8,12H,9H2,1-5H3. The lowest BCUT2D eigenvalue weighted by Gasteiger charge is -2.26. The fraction of sp³-hybridized carbons (Fsp3) is 0.562. The highest BCUT2D eigenvalue weighted by atomic mass is 79.9. The van der Waals surface area contributed by atoms with Crippen molar-refractivity contribution in [2.45, 2.75) is 52.2 Å². The van der Waals surface area contributed by atoms with E-state index in [2.05, 4.69) is 15.9 Å². The van der Waals surface area contributed by atoms with Gasteiger partial charge in [0.25, 0.3) is 0 Å². The number of benzene rings is 1. The molecule has 1 atom stereocenters. The molecule has 1 aromatic rings. The molecule has 2 rings (SSSR count). The molecule has 0 aromatic heterocycles. The third kappa shape index (κ3) is 2.92. The molecular weight excluding hydrogens is 304 g/mol. The van der Waals surface area contributed by atoms with Gasteiger partial charge in [0.15, 0.2) is 5.78 Å². The SMILES string of the molecule is Cc1ccc(C(=O)C2CC(C)(C)OC2(C)C)c(Br)c1. The molecule has 1 fully saturated rings. The van der Waals surface area contributed by atoms with Crippen LogP contribution in [0.5, 0.6) is 0 Å². The minimum atomic E-state index is -0.412. The number of ketones is 1. The highest BCUT2D eigenvalue weighted by Crippen LogP contribution is 2.44. The third-order valence-electron chi connectivity index (χ3n) is 3.78. The molecule has 1 aromatic carbocycles. The smallest absolute Gasteiger partial charge is 0.170 e. The molecule has 1 aliphatic heterocycles. The first-order valence-corrected chi connectivity index (χ1v) is 7.42. The molecular formula is C16H21BrO2. The van der Waals surface area contributed by atoms with Gasteiger partial charge in [-0.25, -0.2) is 0 Å².